The highest BCUT2D eigenvalue weighted by atomic mass is 16.3. The lowest BCUT2D eigenvalue weighted by molar-refractivity contribution is -0.129. The molecule has 0 aromatic heterocycles. The second-order valence-electron chi connectivity index (χ2n) is 13.8. The number of hydrogen-bond acceptors (Lipinski definition) is 4. The highest BCUT2D eigenvalue weighted by Gasteiger charge is 2.26. The van der Waals surface area contributed by atoms with E-state index < -0.39 is 18.2 Å². The van der Waals surface area contributed by atoms with E-state index in [-0.39, 0.29) is 5.78 Å². The van der Waals surface area contributed by atoms with E-state index in [1.165, 1.54) is 167 Å². The molecule has 0 spiro atoms. The van der Waals surface area contributed by atoms with Crippen LogP contribution in [0.25, 0.3) is 0 Å². The van der Waals surface area contributed by atoms with E-state index in [2.05, 4.69) is 13.8 Å². The van der Waals surface area contributed by atoms with Crippen molar-refractivity contribution < 1.29 is 15.0 Å². The number of hydrogen-bond donors (Lipinski definition) is 3. The fraction of sp³-hybridized carbons (Fsp3) is 0.925. The zero-order chi connectivity index (χ0) is 32.4. The van der Waals surface area contributed by atoms with Crippen LogP contribution in [0.2, 0.25) is 0 Å². The topological polar surface area (TPSA) is 83.6 Å². The summed E-state index contributed by atoms with van der Waals surface area (Å²) < 4.78 is 0. The highest BCUT2D eigenvalue weighted by molar-refractivity contribution is 5.83. The van der Waals surface area contributed by atoms with E-state index in [9.17, 15) is 15.0 Å². The Labute approximate surface area is 275 Å². The average Bonchev–Trinajstić information content (AvgIpc) is 3.03. The molecular formula is C40H79NO3. The number of aliphatic hydroxyl groups excluding tert-OH is 2. The number of unbranched alkanes of at least 4 members (excludes halogenated alkanes) is 29. The van der Waals surface area contributed by atoms with Crippen LogP contribution in [-0.4, -0.2) is 34.2 Å². The molecule has 0 aromatic rings. The third-order valence-electron chi connectivity index (χ3n) is 9.42. The Balaban J connectivity index is 3.56. The van der Waals surface area contributed by atoms with Crippen LogP contribution in [-0.2, 0) is 4.79 Å². The number of carbonyl (C=O) groups excluding carboxylic acids is 1. The smallest absolute Gasteiger partial charge is 0.162 e. The van der Waals surface area contributed by atoms with Gasteiger partial charge in [-0.3, -0.25) is 4.79 Å². The second kappa shape index (κ2) is 35.1. The molecule has 1 unspecified atom stereocenters. The molecule has 4 N–H and O–H groups in total. The minimum atomic E-state index is -1.29. The maximum atomic E-state index is 12.4. The van der Waals surface area contributed by atoms with Gasteiger partial charge in [0.25, 0.3) is 0 Å². The molecule has 0 saturated heterocycles. The van der Waals surface area contributed by atoms with Crippen molar-refractivity contribution >= 4 is 5.78 Å². The molecule has 262 valence electrons. The Morgan fingerprint density at radius 2 is 0.795 bits per heavy atom. The predicted molar refractivity (Wildman–Crippen MR) is 193 cm³/mol. The largest absolute Gasteiger partial charge is 0.387 e. The van der Waals surface area contributed by atoms with Crippen molar-refractivity contribution in [3.63, 3.8) is 0 Å². The van der Waals surface area contributed by atoms with Crippen LogP contribution in [0.15, 0.2) is 12.2 Å². The van der Waals surface area contributed by atoms with Gasteiger partial charge in [-0.2, -0.15) is 0 Å². The zero-order valence-corrected chi connectivity index (χ0v) is 29.9. The molecule has 0 aliphatic rings. The molecule has 0 aromatic carbocycles. The van der Waals surface area contributed by atoms with E-state index in [1.807, 2.05) is 6.08 Å². The molecule has 4 nitrogen and oxygen atoms in total. The van der Waals surface area contributed by atoms with Crippen molar-refractivity contribution in [3.05, 3.63) is 12.2 Å². The molecule has 0 aliphatic heterocycles. The Kier molecular flexibility index (Phi) is 34.6. The lowest BCUT2D eigenvalue weighted by Gasteiger charge is -2.21. The zero-order valence-electron chi connectivity index (χ0n) is 29.9. The summed E-state index contributed by atoms with van der Waals surface area (Å²) in [5.41, 5.74) is 6.01. The Morgan fingerprint density at radius 1 is 0.500 bits per heavy atom. The van der Waals surface area contributed by atoms with Crippen molar-refractivity contribution in [2.24, 2.45) is 5.73 Å². The summed E-state index contributed by atoms with van der Waals surface area (Å²) in [5.74, 6) is -0.234. The summed E-state index contributed by atoms with van der Waals surface area (Å²) >= 11 is 0. The number of ketones is 1. The minimum Gasteiger partial charge on any atom is -0.387 e. The fourth-order valence-corrected chi connectivity index (χ4v) is 6.22. The first kappa shape index (κ1) is 43.3. The molecule has 0 radical (unpaired) electrons. The van der Waals surface area contributed by atoms with Crippen molar-refractivity contribution in [1.82, 2.24) is 0 Å². The van der Waals surface area contributed by atoms with Gasteiger partial charge < -0.3 is 15.9 Å². The van der Waals surface area contributed by atoms with Crippen molar-refractivity contribution in [1.29, 1.82) is 0 Å². The summed E-state index contributed by atoms with van der Waals surface area (Å²) in [5, 5.41) is 20.7. The molecular weight excluding hydrogens is 542 g/mol. The van der Waals surface area contributed by atoms with E-state index >= 15 is 0 Å². The van der Waals surface area contributed by atoms with Gasteiger partial charge in [-0.25, -0.2) is 0 Å². The van der Waals surface area contributed by atoms with Crippen LogP contribution in [0.1, 0.15) is 219 Å². The number of Topliss-reactive ketones (excluding diaryl/α,β-unsaturated/α-hetero) is 1. The molecule has 0 aliphatic carbocycles. The molecule has 0 heterocycles. The summed E-state index contributed by atoms with van der Waals surface area (Å²) in [6.45, 7) is 4.55. The van der Waals surface area contributed by atoms with Gasteiger partial charge >= 0.3 is 0 Å². The third-order valence-corrected chi connectivity index (χ3v) is 9.42. The number of rotatable bonds is 36. The standard InChI is InChI=1S/C40H79NO3/c1-3-5-7-9-11-13-15-17-18-19-20-21-22-24-26-28-30-32-34-36-38(43)40(44)39(41)37(42)35-33-31-29-27-25-23-16-14-12-10-8-6-4-2/h33,35,37,39-40,42,44H,3-32,34,36,41H2,1-2H3/b35-33+/t37-,39-,40?/m1/s1. The molecule has 0 bridgehead atoms. The van der Waals surface area contributed by atoms with Crippen molar-refractivity contribution in [3.8, 4) is 0 Å². The second-order valence-corrected chi connectivity index (χ2v) is 13.8. The lowest BCUT2D eigenvalue weighted by Crippen LogP contribution is -2.47. The Bertz CT molecular complexity index is 607. The monoisotopic (exact) mass is 622 g/mol. The Morgan fingerprint density at radius 3 is 1.14 bits per heavy atom. The molecule has 0 amide bonds. The number of allylic oxidation sites excluding steroid dienone is 1. The fourth-order valence-electron chi connectivity index (χ4n) is 6.22. The van der Waals surface area contributed by atoms with Crippen LogP contribution in [0, 0.1) is 0 Å². The quantitative estimate of drug-likeness (QED) is 0.0480. The first-order chi connectivity index (χ1) is 21.5. The lowest BCUT2D eigenvalue weighted by atomic mass is 9.97. The minimum absolute atomic E-state index is 0.234. The maximum absolute atomic E-state index is 12.4. The molecule has 0 rings (SSSR count). The van der Waals surface area contributed by atoms with Crippen LogP contribution in [0.4, 0.5) is 0 Å². The summed E-state index contributed by atoms with van der Waals surface area (Å²) in [4.78, 5) is 12.4. The van der Waals surface area contributed by atoms with E-state index in [4.69, 9.17) is 5.73 Å². The van der Waals surface area contributed by atoms with Gasteiger partial charge in [-0.05, 0) is 19.3 Å². The van der Waals surface area contributed by atoms with Gasteiger partial charge in [-0.1, -0.05) is 206 Å². The van der Waals surface area contributed by atoms with Gasteiger partial charge in [0.2, 0.25) is 0 Å². The Hall–Kier alpha value is -0.710. The van der Waals surface area contributed by atoms with Crippen LogP contribution < -0.4 is 5.73 Å². The highest BCUT2D eigenvalue weighted by Crippen LogP contribution is 2.16. The van der Waals surface area contributed by atoms with E-state index in [0.29, 0.717) is 6.42 Å². The number of nitrogens with two attached hydrogens (primary N) is 1. The molecule has 4 heteroatoms. The van der Waals surface area contributed by atoms with E-state index in [0.717, 1.165) is 32.1 Å². The molecule has 0 saturated carbocycles. The van der Waals surface area contributed by atoms with Crippen molar-refractivity contribution in [2.75, 3.05) is 0 Å². The molecule has 3 atom stereocenters. The number of aliphatic hydroxyl groups is 2. The molecule has 0 fully saturated rings. The van der Waals surface area contributed by atoms with E-state index in [1.54, 1.807) is 6.08 Å². The van der Waals surface area contributed by atoms with Gasteiger partial charge in [0.15, 0.2) is 5.78 Å². The first-order valence-electron chi connectivity index (χ1n) is 19.9. The SMILES string of the molecule is CCCCCCCCCCCCC/C=C/[C@@H](O)[C@@H](N)C(O)C(=O)CCCCCCCCCCCCCCCCCCCCC. The van der Waals surface area contributed by atoms with Gasteiger partial charge in [0.05, 0.1) is 12.1 Å². The maximum Gasteiger partial charge on any atom is 0.162 e. The van der Waals surface area contributed by atoms with Gasteiger partial charge in [-0.15, -0.1) is 0 Å². The first-order valence-corrected chi connectivity index (χ1v) is 19.9. The average molecular weight is 622 g/mol. The third kappa shape index (κ3) is 30.0. The van der Waals surface area contributed by atoms with Crippen LogP contribution >= 0.6 is 0 Å². The predicted octanol–water partition coefficient (Wildman–Crippen LogP) is 11.7. The van der Waals surface area contributed by atoms with Crippen LogP contribution in [0.3, 0.4) is 0 Å². The summed E-state index contributed by atoms with van der Waals surface area (Å²) in [7, 11) is 0. The summed E-state index contributed by atoms with van der Waals surface area (Å²) in [6, 6.07) is -0.948. The molecule has 44 heavy (non-hydrogen) atoms. The van der Waals surface area contributed by atoms with Gasteiger partial charge in [0, 0.05) is 6.42 Å². The van der Waals surface area contributed by atoms with Gasteiger partial charge in [0.1, 0.15) is 6.10 Å². The van der Waals surface area contributed by atoms with Crippen LogP contribution in [0.5, 0.6) is 0 Å². The summed E-state index contributed by atoms with van der Waals surface area (Å²) in [6.07, 6.45) is 42.2. The van der Waals surface area contributed by atoms with Crippen molar-refractivity contribution in [2.45, 2.75) is 238 Å². The number of carbonyl (C=O) groups is 1. The normalized spacial score (nSPS) is 13.9.